The second kappa shape index (κ2) is 6.80. The molecule has 10 heteroatoms. The molecule has 1 heterocycles. The van der Waals surface area contributed by atoms with Crippen molar-refractivity contribution in [3.8, 4) is 5.88 Å². The molecule has 0 fully saturated rings. The summed E-state index contributed by atoms with van der Waals surface area (Å²) in [5, 5.41) is 0. The van der Waals surface area contributed by atoms with Gasteiger partial charge in [0, 0.05) is 23.6 Å². The molecule has 0 saturated carbocycles. The smallest absolute Gasteiger partial charge is 0.406 e. The molecule has 1 aromatic rings. The number of halogens is 3. The number of alkyl halides is 3. The first kappa shape index (κ1) is 17.3. The van der Waals surface area contributed by atoms with Crippen molar-refractivity contribution in [2.24, 2.45) is 0 Å². The average Bonchev–Trinajstić information content (AvgIpc) is 2.26. The minimum absolute atomic E-state index is 0.108. The fourth-order valence-corrected chi connectivity index (χ4v) is 3.23. The highest BCUT2D eigenvalue weighted by molar-refractivity contribution is 8.07. The van der Waals surface area contributed by atoms with Crippen LogP contribution in [0.25, 0.3) is 0 Å². The maximum absolute atomic E-state index is 12.6. The molecule has 5 nitrogen and oxygen atoms in total. The van der Waals surface area contributed by atoms with Crippen molar-refractivity contribution in [3.05, 3.63) is 17.6 Å². The quantitative estimate of drug-likeness (QED) is 0.745. The summed E-state index contributed by atoms with van der Waals surface area (Å²) in [6.07, 6.45) is -4.66. The van der Waals surface area contributed by atoms with Crippen LogP contribution in [0.5, 0.6) is 5.88 Å². The number of hydrogen-bond acceptors (Lipinski definition) is 6. The Morgan fingerprint density at radius 1 is 1.20 bits per heavy atom. The topological polar surface area (TPSA) is 53.5 Å². The van der Waals surface area contributed by atoms with Crippen LogP contribution < -0.4 is 4.52 Å². The predicted octanol–water partition coefficient (Wildman–Crippen LogP) is 3.48. The van der Waals surface area contributed by atoms with Crippen LogP contribution in [0.15, 0.2) is 6.07 Å². The molecule has 0 aliphatic rings. The lowest BCUT2D eigenvalue weighted by Crippen LogP contribution is -2.13. The molecule has 0 unspecified atom stereocenters. The maximum Gasteiger partial charge on any atom is 0.451 e. The van der Waals surface area contributed by atoms with Crippen LogP contribution >= 0.6 is 6.72 Å². The standard InChI is InChI=1S/C10H14F3N2O3PS/c1-4-16-19(20,17-5-2)18-8-6-7(3)14-9(15-8)10(11,12)13/h6H,4-5H2,1-3H3. The van der Waals surface area contributed by atoms with Crippen LogP contribution in [0.1, 0.15) is 25.4 Å². The third kappa shape index (κ3) is 4.97. The Morgan fingerprint density at radius 2 is 1.75 bits per heavy atom. The van der Waals surface area contributed by atoms with E-state index in [-0.39, 0.29) is 24.8 Å². The molecular weight excluding hydrogens is 316 g/mol. The molecule has 0 amide bonds. The molecule has 0 saturated heterocycles. The zero-order valence-electron chi connectivity index (χ0n) is 11.1. The highest BCUT2D eigenvalue weighted by Crippen LogP contribution is 2.49. The van der Waals surface area contributed by atoms with Crippen molar-refractivity contribution < 1.29 is 26.7 Å². The summed E-state index contributed by atoms with van der Waals surface area (Å²) in [7, 11) is 0. The van der Waals surface area contributed by atoms with Crippen molar-refractivity contribution in [2.45, 2.75) is 26.9 Å². The third-order valence-corrected chi connectivity index (χ3v) is 4.28. The van der Waals surface area contributed by atoms with Gasteiger partial charge in [0.2, 0.25) is 11.7 Å². The summed E-state index contributed by atoms with van der Waals surface area (Å²) < 4.78 is 53.4. The molecule has 0 bridgehead atoms. The van der Waals surface area contributed by atoms with Gasteiger partial charge in [0.1, 0.15) is 0 Å². The van der Waals surface area contributed by atoms with Crippen LogP contribution in [0.4, 0.5) is 13.2 Å². The molecule has 0 aromatic carbocycles. The van der Waals surface area contributed by atoms with Gasteiger partial charge in [0.05, 0.1) is 13.2 Å². The van der Waals surface area contributed by atoms with E-state index in [2.05, 4.69) is 9.97 Å². The highest BCUT2D eigenvalue weighted by Gasteiger charge is 2.36. The maximum atomic E-state index is 12.6. The molecular formula is C10H14F3N2O3PS. The second-order valence-electron chi connectivity index (χ2n) is 3.54. The fourth-order valence-electron chi connectivity index (χ4n) is 1.23. The second-order valence-corrected chi connectivity index (χ2v) is 6.48. The Balaban J connectivity index is 3.07. The number of aromatic nitrogens is 2. The molecule has 1 aromatic heterocycles. The van der Waals surface area contributed by atoms with Crippen LogP contribution in [-0.2, 0) is 27.0 Å². The van der Waals surface area contributed by atoms with Gasteiger partial charge in [-0.2, -0.15) is 18.2 Å². The minimum Gasteiger partial charge on any atom is -0.406 e. The first-order valence-corrected chi connectivity index (χ1v) is 8.27. The van der Waals surface area contributed by atoms with Crippen molar-refractivity contribution in [2.75, 3.05) is 13.2 Å². The Morgan fingerprint density at radius 3 is 2.20 bits per heavy atom. The van der Waals surface area contributed by atoms with E-state index >= 15 is 0 Å². The Bertz CT molecular complexity index is 503. The summed E-state index contributed by atoms with van der Waals surface area (Å²) in [5.74, 6) is -1.60. The first-order chi connectivity index (χ1) is 9.20. The van der Waals surface area contributed by atoms with Gasteiger partial charge in [0.25, 0.3) is 0 Å². The molecule has 0 N–H and O–H groups in total. The van der Waals surface area contributed by atoms with Gasteiger partial charge in [-0.05, 0) is 20.8 Å². The largest absolute Gasteiger partial charge is 0.451 e. The molecule has 1 rings (SSSR count). The van der Waals surface area contributed by atoms with Crippen molar-refractivity contribution in [3.63, 3.8) is 0 Å². The lowest BCUT2D eigenvalue weighted by molar-refractivity contribution is -0.145. The summed E-state index contributed by atoms with van der Waals surface area (Å²) >= 11 is 5.06. The third-order valence-electron chi connectivity index (χ3n) is 1.86. The Hall–Kier alpha value is -0.760. The lowest BCUT2D eigenvalue weighted by atomic mass is 10.4. The Labute approximate surface area is 119 Å². The molecule has 0 atom stereocenters. The molecule has 0 aliphatic heterocycles. The monoisotopic (exact) mass is 330 g/mol. The summed E-state index contributed by atoms with van der Waals surface area (Å²) in [4.78, 5) is 6.60. The van der Waals surface area contributed by atoms with Crippen LogP contribution in [0, 0.1) is 6.92 Å². The molecule has 0 radical (unpaired) electrons. The normalized spacial score (nSPS) is 12.5. The van der Waals surface area contributed by atoms with Gasteiger partial charge in [-0.25, -0.2) is 4.98 Å². The number of aryl methyl sites for hydroxylation is 1. The summed E-state index contributed by atoms with van der Waals surface area (Å²) in [6, 6.07) is 1.24. The van der Waals surface area contributed by atoms with Crippen molar-refractivity contribution in [1.82, 2.24) is 9.97 Å². The van der Waals surface area contributed by atoms with Gasteiger partial charge in [-0.3, -0.25) is 9.05 Å². The van der Waals surface area contributed by atoms with E-state index in [1.54, 1.807) is 13.8 Å². The number of rotatable bonds is 6. The lowest BCUT2D eigenvalue weighted by Gasteiger charge is -2.20. The van der Waals surface area contributed by atoms with Crippen LogP contribution in [-0.4, -0.2) is 23.2 Å². The fraction of sp³-hybridized carbons (Fsp3) is 0.600. The van der Waals surface area contributed by atoms with Crippen LogP contribution in [0.3, 0.4) is 0 Å². The van der Waals surface area contributed by atoms with Gasteiger partial charge in [-0.15, -0.1) is 0 Å². The van der Waals surface area contributed by atoms with Gasteiger partial charge in [0.15, 0.2) is 0 Å². The molecule has 114 valence electrons. The average molecular weight is 330 g/mol. The van der Waals surface area contributed by atoms with E-state index in [0.717, 1.165) is 0 Å². The SMILES string of the molecule is CCOP(=S)(OCC)Oc1cc(C)nc(C(F)(F)F)n1. The van der Waals surface area contributed by atoms with Crippen molar-refractivity contribution in [1.29, 1.82) is 0 Å². The zero-order valence-corrected chi connectivity index (χ0v) is 12.8. The van der Waals surface area contributed by atoms with E-state index in [4.69, 9.17) is 25.4 Å². The van der Waals surface area contributed by atoms with E-state index < -0.39 is 18.7 Å². The summed E-state index contributed by atoms with van der Waals surface area (Å²) in [5.41, 5.74) is 0.108. The van der Waals surface area contributed by atoms with Gasteiger partial charge < -0.3 is 4.52 Å². The van der Waals surface area contributed by atoms with E-state index in [1.165, 1.54) is 13.0 Å². The summed E-state index contributed by atoms with van der Waals surface area (Å²) in [6.45, 7) is 2.02. The Kier molecular flexibility index (Phi) is 5.88. The van der Waals surface area contributed by atoms with Crippen molar-refractivity contribution >= 4 is 18.5 Å². The number of nitrogens with zero attached hydrogens (tertiary/aromatic N) is 2. The highest BCUT2D eigenvalue weighted by atomic mass is 32.5. The van der Waals surface area contributed by atoms with Gasteiger partial charge in [-0.1, -0.05) is 0 Å². The van der Waals surface area contributed by atoms with E-state index in [1.807, 2.05) is 0 Å². The number of hydrogen-bond donors (Lipinski definition) is 0. The minimum atomic E-state index is -4.66. The molecule has 0 spiro atoms. The first-order valence-electron chi connectivity index (χ1n) is 5.71. The zero-order chi connectivity index (χ0) is 15.4. The molecule has 20 heavy (non-hydrogen) atoms. The van der Waals surface area contributed by atoms with Crippen LogP contribution in [0.2, 0.25) is 0 Å². The predicted molar refractivity (Wildman–Crippen MR) is 69.9 cm³/mol. The van der Waals surface area contributed by atoms with E-state index in [0.29, 0.717) is 0 Å². The van der Waals surface area contributed by atoms with Gasteiger partial charge >= 0.3 is 12.9 Å². The van der Waals surface area contributed by atoms with E-state index in [9.17, 15) is 13.2 Å². The molecule has 0 aliphatic carbocycles.